The molecule has 1 aromatic rings. The first-order valence-corrected chi connectivity index (χ1v) is 8.06. The molecule has 0 amide bonds. The van der Waals surface area contributed by atoms with E-state index in [4.69, 9.17) is 0 Å². The smallest absolute Gasteiger partial charge is 0.241 e. The Balaban J connectivity index is 3.23. The molecule has 0 saturated carbocycles. The van der Waals surface area contributed by atoms with E-state index in [1.54, 1.807) is 12.1 Å². The molecule has 0 saturated heterocycles. The van der Waals surface area contributed by atoms with Crippen molar-refractivity contribution < 1.29 is 8.42 Å². The van der Waals surface area contributed by atoms with E-state index in [0.717, 1.165) is 5.56 Å². The summed E-state index contributed by atoms with van der Waals surface area (Å²) in [6.07, 6.45) is 0. The van der Waals surface area contributed by atoms with Gasteiger partial charge in [0.1, 0.15) is 0 Å². The molecule has 0 radical (unpaired) electrons. The molecule has 0 heterocycles. The number of likely N-dealkylation sites (N-methyl/N-ethyl adjacent to an activating group) is 1. The van der Waals surface area contributed by atoms with Crippen LogP contribution in [0.25, 0.3) is 0 Å². The van der Waals surface area contributed by atoms with Gasteiger partial charge in [-0.05, 0) is 45.4 Å². The molecule has 19 heavy (non-hydrogen) atoms. The highest BCUT2D eigenvalue weighted by molar-refractivity contribution is 7.89. The monoisotopic (exact) mass is 284 g/mol. The Labute approximate surface area is 116 Å². The summed E-state index contributed by atoms with van der Waals surface area (Å²) >= 11 is 0. The number of rotatable bonds is 6. The highest BCUT2D eigenvalue weighted by Crippen LogP contribution is 2.26. The van der Waals surface area contributed by atoms with Crippen LogP contribution in [0.2, 0.25) is 0 Å². The van der Waals surface area contributed by atoms with Gasteiger partial charge in [0.15, 0.2) is 0 Å². The third kappa shape index (κ3) is 4.03. The highest BCUT2D eigenvalue weighted by Gasteiger charge is 2.23. The van der Waals surface area contributed by atoms with Gasteiger partial charge in [-0.2, -0.15) is 0 Å². The molecular weight excluding hydrogens is 260 g/mol. The van der Waals surface area contributed by atoms with Gasteiger partial charge in [0, 0.05) is 12.1 Å². The minimum Gasteiger partial charge on any atom is -0.317 e. The van der Waals surface area contributed by atoms with Gasteiger partial charge in [-0.3, -0.25) is 0 Å². The lowest BCUT2D eigenvalue weighted by Gasteiger charge is -2.22. The van der Waals surface area contributed by atoms with Crippen molar-refractivity contribution in [1.29, 1.82) is 0 Å². The average molecular weight is 284 g/mol. The fourth-order valence-corrected chi connectivity index (χ4v) is 3.56. The fraction of sp³-hybridized carbons (Fsp3) is 0.571. The molecule has 2 unspecified atom stereocenters. The van der Waals surface area contributed by atoms with Crippen LogP contribution in [0.5, 0.6) is 0 Å². The van der Waals surface area contributed by atoms with Crippen LogP contribution in [0, 0.1) is 0 Å². The van der Waals surface area contributed by atoms with Gasteiger partial charge in [0.25, 0.3) is 0 Å². The molecule has 0 aromatic heterocycles. The number of benzene rings is 1. The van der Waals surface area contributed by atoms with E-state index in [-0.39, 0.29) is 18.0 Å². The second kappa shape index (κ2) is 6.50. The van der Waals surface area contributed by atoms with Crippen LogP contribution >= 0.6 is 0 Å². The molecule has 0 fully saturated rings. The topological polar surface area (TPSA) is 58.2 Å². The first-order valence-electron chi connectivity index (χ1n) is 6.58. The molecule has 2 N–H and O–H groups in total. The van der Waals surface area contributed by atoms with Crippen LogP contribution in [0.3, 0.4) is 0 Å². The molecule has 2 atom stereocenters. The van der Waals surface area contributed by atoms with Crippen LogP contribution < -0.4 is 10.0 Å². The molecule has 4 nitrogen and oxygen atoms in total. The first kappa shape index (κ1) is 16.1. The zero-order valence-electron chi connectivity index (χ0n) is 12.3. The normalized spacial score (nSPS) is 15.5. The lowest BCUT2D eigenvalue weighted by atomic mass is 9.94. The molecule has 0 spiro atoms. The van der Waals surface area contributed by atoms with Crippen LogP contribution in [0.4, 0.5) is 0 Å². The molecule has 1 rings (SSSR count). The molecule has 0 bridgehead atoms. The largest absolute Gasteiger partial charge is 0.317 e. The summed E-state index contributed by atoms with van der Waals surface area (Å²) in [4.78, 5) is 0.373. The van der Waals surface area contributed by atoms with Gasteiger partial charge in [-0.1, -0.05) is 25.1 Å². The van der Waals surface area contributed by atoms with E-state index in [1.807, 2.05) is 46.9 Å². The van der Waals surface area contributed by atoms with Gasteiger partial charge >= 0.3 is 0 Å². The molecule has 1 aromatic carbocycles. The fourth-order valence-electron chi connectivity index (χ4n) is 1.99. The number of sulfonamides is 1. The SMILES string of the molecule is CNC(C)C(C)c1ccccc1S(=O)(=O)NC(C)C. The summed E-state index contributed by atoms with van der Waals surface area (Å²) in [6, 6.07) is 7.27. The quantitative estimate of drug-likeness (QED) is 0.841. The molecule has 0 aliphatic rings. The van der Waals surface area contributed by atoms with Gasteiger partial charge in [0.2, 0.25) is 10.0 Å². The van der Waals surface area contributed by atoms with E-state index in [0.29, 0.717) is 4.90 Å². The Hall–Kier alpha value is -0.910. The Morgan fingerprint density at radius 2 is 1.63 bits per heavy atom. The minimum absolute atomic E-state index is 0.116. The van der Waals surface area contributed by atoms with Crippen LogP contribution in [-0.4, -0.2) is 27.5 Å². The first-order chi connectivity index (χ1) is 8.79. The van der Waals surface area contributed by atoms with Gasteiger partial charge in [-0.25, -0.2) is 13.1 Å². The van der Waals surface area contributed by atoms with Crippen LogP contribution in [0.1, 0.15) is 39.2 Å². The van der Waals surface area contributed by atoms with Crippen molar-refractivity contribution in [3.8, 4) is 0 Å². The lowest BCUT2D eigenvalue weighted by Crippen LogP contribution is -2.33. The van der Waals surface area contributed by atoms with E-state index in [1.165, 1.54) is 0 Å². The van der Waals surface area contributed by atoms with E-state index < -0.39 is 10.0 Å². The predicted molar refractivity (Wildman–Crippen MR) is 78.8 cm³/mol. The second-order valence-electron chi connectivity index (χ2n) is 5.18. The summed E-state index contributed by atoms with van der Waals surface area (Å²) in [5.41, 5.74) is 0.845. The van der Waals surface area contributed by atoms with Crippen molar-refractivity contribution >= 4 is 10.0 Å². The molecule has 5 heteroatoms. The van der Waals surface area contributed by atoms with E-state index >= 15 is 0 Å². The maximum atomic E-state index is 12.3. The Morgan fingerprint density at radius 1 is 1.05 bits per heavy atom. The van der Waals surface area contributed by atoms with Crippen LogP contribution in [0.15, 0.2) is 29.2 Å². The minimum atomic E-state index is -3.45. The zero-order chi connectivity index (χ0) is 14.6. The average Bonchev–Trinajstić information content (AvgIpc) is 2.35. The van der Waals surface area contributed by atoms with Crippen molar-refractivity contribution in [2.24, 2.45) is 0 Å². The number of nitrogens with one attached hydrogen (secondary N) is 2. The van der Waals surface area contributed by atoms with E-state index in [2.05, 4.69) is 10.0 Å². The van der Waals surface area contributed by atoms with Crippen LogP contribution in [-0.2, 0) is 10.0 Å². The van der Waals surface area contributed by atoms with E-state index in [9.17, 15) is 8.42 Å². The van der Waals surface area contributed by atoms with Crippen molar-refractivity contribution in [2.45, 2.75) is 50.6 Å². The Bertz CT molecular complexity index is 512. The van der Waals surface area contributed by atoms with Crippen molar-refractivity contribution in [3.05, 3.63) is 29.8 Å². The maximum absolute atomic E-state index is 12.3. The zero-order valence-corrected chi connectivity index (χ0v) is 13.1. The third-order valence-electron chi connectivity index (χ3n) is 3.30. The number of hydrogen-bond donors (Lipinski definition) is 2. The predicted octanol–water partition coefficient (Wildman–Crippen LogP) is 2.08. The van der Waals surface area contributed by atoms with Gasteiger partial charge < -0.3 is 5.32 Å². The summed E-state index contributed by atoms with van der Waals surface area (Å²) < 4.78 is 27.3. The summed E-state index contributed by atoms with van der Waals surface area (Å²) in [5, 5.41) is 3.17. The standard InChI is InChI=1S/C14H24N2O2S/c1-10(2)16-19(17,18)14-9-7-6-8-13(14)11(3)12(4)15-5/h6-12,15-16H,1-5H3. The lowest BCUT2D eigenvalue weighted by molar-refractivity contribution is 0.514. The summed E-state index contributed by atoms with van der Waals surface area (Å²) in [7, 11) is -1.58. The molecule has 108 valence electrons. The van der Waals surface area contributed by atoms with Gasteiger partial charge in [0.05, 0.1) is 4.90 Å². The molecular formula is C14H24N2O2S. The molecule has 0 aliphatic heterocycles. The second-order valence-corrected chi connectivity index (χ2v) is 6.86. The van der Waals surface area contributed by atoms with Gasteiger partial charge in [-0.15, -0.1) is 0 Å². The summed E-state index contributed by atoms with van der Waals surface area (Å²) in [6.45, 7) is 7.72. The van der Waals surface area contributed by atoms with Crippen molar-refractivity contribution in [1.82, 2.24) is 10.0 Å². The number of hydrogen-bond acceptors (Lipinski definition) is 3. The van der Waals surface area contributed by atoms with Crippen molar-refractivity contribution in [3.63, 3.8) is 0 Å². The molecule has 0 aliphatic carbocycles. The highest BCUT2D eigenvalue weighted by atomic mass is 32.2. The third-order valence-corrected chi connectivity index (χ3v) is 5.03. The maximum Gasteiger partial charge on any atom is 0.241 e. The summed E-state index contributed by atoms with van der Waals surface area (Å²) in [5.74, 6) is 0.116. The Morgan fingerprint density at radius 3 is 2.16 bits per heavy atom. The Kier molecular flexibility index (Phi) is 5.52. The van der Waals surface area contributed by atoms with Crippen molar-refractivity contribution in [2.75, 3.05) is 7.05 Å².